The van der Waals surface area contributed by atoms with E-state index in [2.05, 4.69) is 0 Å². The molecule has 1 saturated heterocycles. The van der Waals surface area contributed by atoms with Gasteiger partial charge in [0.15, 0.2) is 0 Å². The number of nitrogens with zero attached hydrogens (tertiary/aromatic N) is 3. The molecule has 128 valence electrons. The Hall–Kier alpha value is -1.72. The first-order valence-electron chi connectivity index (χ1n) is 6.63. The zero-order valence-electron chi connectivity index (χ0n) is 11.9. The van der Waals surface area contributed by atoms with E-state index in [1.807, 2.05) is 0 Å². The van der Waals surface area contributed by atoms with Gasteiger partial charge in [0.1, 0.15) is 0 Å². The molecule has 0 aliphatic carbocycles. The van der Waals surface area contributed by atoms with E-state index in [9.17, 15) is 31.7 Å². The molecule has 7 nitrogen and oxygen atoms in total. The van der Waals surface area contributed by atoms with Crippen LogP contribution in [0, 0.1) is 10.1 Å². The van der Waals surface area contributed by atoms with Gasteiger partial charge < -0.3 is 0 Å². The second-order valence-corrected chi connectivity index (χ2v) is 6.98. The highest BCUT2D eigenvalue weighted by atomic mass is 32.2. The standard InChI is InChI=1S/C12H14F3N3O4S/c13-12(14,15)9-16-5-7-17(8-6-16)23(21,22)11-3-1-10(2-4-11)18(19)20/h1-4H,5-9H2. The number of sulfonamides is 1. The number of benzene rings is 1. The molecule has 1 aliphatic rings. The van der Waals surface area contributed by atoms with Gasteiger partial charge in [0.05, 0.1) is 16.4 Å². The smallest absolute Gasteiger partial charge is 0.292 e. The Morgan fingerprint density at radius 2 is 1.61 bits per heavy atom. The van der Waals surface area contributed by atoms with Crippen LogP contribution in [0.1, 0.15) is 0 Å². The molecule has 0 bridgehead atoms. The largest absolute Gasteiger partial charge is 0.401 e. The lowest BCUT2D eigenvalue weighted by Crippen LogP contribution is -2.50. The molecule has 1 fully saturated rings. The number of rotatable bonds is 4. The lowest BCUT2D eigenvalue weighted by Gasteiger charge is -2.34. The van der Waals surface area contributed by atoms with E-state index in [1.54, 1.807) is 0 Å². The van der Waals surface area contributed by atoms with Crippen molar-refractivity contribution in [1.29, 1.82) is 0 Å². The van der Waals surface area contributed by atoms with Gasteiger partial charge in [-0.2, -0.15) is 17.5 Å². The zero-order chi connectivity index (χ0) is 17.3. The van der Waals surface area contributed by atoms with E-state index in [0.29, 0.717) is 0 Å². The van der Waals surface area contributed by atoms with Crippen LogP contribution in [0.5, 0.6) is 0 Å². The van der Waals surface area contributed by atoms with Gasteiger partial charge >= 0.3 is 6.18 Å². The van der Waals surface area contributed by atoms with Crippen LogP contribution in [-0.2, 0) is 10.0 Å². The van der Waals surface area contributed by atoms with Crippen molar-refractivity contribution in [3.05, 3.63) is 34.4 Å². The number of alkyl halides is 3. The van der Waals surface area contributed by atoms with Crippen molar-refractivity contribution >= 4 is 15.7 Å². The SMILES string of the molecule is O=[N+]([O-])c1ccc(S(=O)(=O)N2CCN(CC(F)(F)F)CC2)cc1. The predicted molar refractivity (Wildman–Crippen MR) is 74.4 cm³/mol. The van der Waals surface area contributed by atoms with Crippen LogP contribution >= 0.6 is 0 Å². The summed E-state index contributed by atoms with van der Waals surface area (Å²) in [6.45, 7) is -1.24. The molecule has 0 unspecified atom stereocenters. The Balaban J connectivity index is 2.05. The van der Waals surface area contributed by atoms with Gasteiger partial charge in [0.25, 0.3) is 5.69 Å². The van der Waals surface area contributed by atoms with Crippen molar-refractivity contribution in [2.75, 3.05) is 32.7 Å². The third-order valence-electron chi connectivity index (χ3n) is 3.42. The average molecular weight is 353 g/mol. The molecule has 0 aromatic heterocycles. The fourth-order valence-corrected chi connectivity index (χ4v) is 3.69. The number of nitro groups is 1. The Labute approximate surface area is 130 Å². The van der Waals surface area contributed by atoms with E-state index >= 15 is 0 Å². The minimum atomic E-state index is -4.32. The van der Waals surface area contributed by atoms with Crippen LogP contribution in [-0.4, -0.2) is 61.4 Å². The molecule has 2 rings (SSSR count). The van der Waals surface area contributed by atoms with E-state index in [-0.39, 0.29) is 36.8 Å². The number of hydrogen-bond donors (Lipinski definition) is 0. The number of piperazine rings is 1. The molecular weight excluding hydrogens is 339 g/mol. The molecular formula is C12H14F3N3O4S. The first-order chi connectivity index (χ1) is 10.6. The summed E-state index contributed by atoms with van der Waals surface area (Å²) in [5.74, 6) is 0. The maximum Gasteiger partial charge on any atom is 0.401 e. The maximum absolute atomic E-state index is 12.4. The summed E-state index contributed by atoms with van der Waals surface area (Å²) in [5.41, 5.74) is -0.237. The fraction of sp³-hybridized carbons (Fsp3) is 0.500. The Morgan fingerprint density at radius 1 is 1.09 bits per heavy atom. The molecule has 23 heavy (non-hydrogen) atoms. The topological polar surface area (TPSA) is 83.8 Å². The quantitative estimate of drug-likeness (QED) is 0.604. The predicted octanol–water partition coefficient (Wildman–Crippen LogP) is 1.46. The minimum absolute atomic E-state index is 0.0221. The van der Waals surface area contributed by atoms with Crippen molar-refractivity contribution in [3.8, 4) is 0 Å². The van der Waals surface area contributed by atoms with Crippen molar-refractivity contribution in [3.63, 3.8) is 0 Å². The van der Waals surface area contributed by atoms with E-state index in [0.717, 1.165) is 33.5 Å². The lowest BCUT2D eigenvalue weighted by molar-refractivity contribution is -0.384. The molecule has 0 radical (unpaired) electrons. The summed E-state index contributed by atoms with van der Waals surface area (Å²) in [4.78, 5) is 10.9. The molecule has 0 spiro atoms. The summed E-state index contributed by atoms with van der Waals surface area (Å²) in [7, 11) is -3.87. The van der Waals surface area contributed by atoms with Crippen LogP contribution in [0.4, 0.5) is 18.9 Å². The van der Waals surface area contributed by atoms with Crippen LogP contribution < -0.4 is 0 Å². The Bertz CT molecular complexity index is 668. The highest BCUT2D eigenvalue weighted by Gasteiger charge is 2.34. The van der Waals surface area contributed by atoms with E-state index in [4.69, 9.17) is 0 Å². The first kappa shape index (κ1) is 17.6. The van der Waals surface area contributed by atoms with Crippen LogP contribution in [0.15, 0.2) is 29.2 Å². The summed E-state index contributed by atoms with van der Waals surface area (Å²) >= 11 is 0. The Kier molecular flexibility index (Phi) is 4.92. The summed E-state index contributed by atoms with van der Waals surface area (Å²) < 4.78 is 62.8. The summed E-state index contributed by atoms with van der Waals surface area (Å²) in [6.07, 6.45) is -4.32. The molecule has 0 saturated carbocycles. The van der Waals surface area contributed by atoms with Crippen molar-refractivity contribution in [1.82, 2.24) is 9.21 Å². The van der Waals surface area contributed by atoms with Gasteiger partial charge in [-0.3, -0.25) is 15.0 Å². The molecule has 11 heteroatoms. The van der Waals surface area contributed by atoms with Crippen LogP contribution in [0.3, 0.4) is 0 Å². The second kappa shape index (κ2) is 6.42. The number of nitro benzene ring substituents is 1. The van der Waals surface area contributed by atoms with Crippen LogP contribution in [0.25, 0.3) is 0 Å². The average Bonchev–Trinajstić information content (AvgIpc) is 2.46. The number of hydrogen-bond acceptors (Lipinski definition) is 5. The highest BCUT2D eigenvalue weighted by molar-refractivity contribution is 7.89. The summed E-state index contributed by atoms with van der Waals surface area (Å²) in [5, 5.41) is 10.6. The minimum Gasteiger partial charge on any atom is -0.292 e. The highest BCUT2D eigenvalue weighted by Crippen LogP contribution is 2.22. The molecule has 1 aliphatic heterocycles. The second-order valence-electron chi connectivity index (χ2n) is 5.05. The molecule has 1 aromatic rings. The maximum atomic E-state index is 12.4. The molecule has 1 heterocycles. The third kappa shape index (κ3) is 4.39. The lowest BCUT2D eigenvalue weighted by atomic mass is 10.3. The van der Waals surface area contributed by atoms with Gasteiger partial charge in [-0.15, -0.1) is 0 Å². The number of halogens is 3. The number of non-ortho nitro benzene ring substituents is 1. The van der Waals surface area contributed by atoms with Gasteiger partial charge in [0, 0.05) is 38.3 Å². The molecule has 1 aromatic carbocycles. The van der Waals surface area contributed by atoms with E-state index in [1.165, 1.54) is 0 Å². The normalized spacial score (nSPS) is 18.0. The van der Waals surface area contributed by atoms with Gasteiger partial charge in [-0.1, -0.05) is 0 Å². The van der Waals surface area contributed by atoms with Gasteiger partial charge in [-0.05, 0) is 12.1 Å². The summed E-state index contributed by atoms with van der Waals surface area (Å²) in [6, 6.07) is 4.39. The zero-order valence-corrected chi connectivity index (χ0v) is 12.7. The Morgan fingerprint density at radius 3 is 2.04 bits per heavy atom. The molecule has 0 N–H and O–H groups in total. The van der Waals surface area contributed by atoms with Crippen molar-refractivity contribution in [2.24, 2.45) is 0 Å². The monoisotopic (exact) mass is 353 g/mol. The van der Waals surface area contributed by atoms with Gasteiger partial charge in [-0.25, -0.2) is 8.42 Å². The molecule has 0 amide bonds. The third-order valence-corrected chi connectivity index (χ3v) is 5.33. The van der Waals surface area contributed by atoms with Crippen LogP contribution in [0.2, 0.25) is 0 Å². The van der Waals surface area contributed by atoms with Crippen molar-refractivity contribution in [2.45, 2.75) is 11.1 Å². The first-order valence-corrected chi connectivity index (χ1v) is 8.07. The fourth-order valence-electron chi connectivity index (χ4n) is 2.27. The molecule has 0 atom stereocenters. The van der Waals surface area contributed by atoms with Gasteiger partial charge in [0.2, 0.25) is 10.0 Å². The van der Waals surface area contributed by atoms with Crippen molar-refractivity contribution < 1.29 is 26.5 Å². The van der Waals surface area contributed by atoms with E-state index < -0.39 is 27.7 Å².